The van der Waals surface area contributed by atoms with E-state index in [1.54, 1.807) is 0 Å². The summed E-state index contributed by atoms with van der Waals surface area (Å²) in [6.07, 6.45) is 11.3. The topological polar surface area (TPSA) is 0 Å². The zero-order valence-electron chi connectivity index (χ0n) is 13.6. The van der Waals surface area contributed by atoms with Crippen LogP contribution >= 0.6 is 11.6 Å². The summed E-state index contributed by atoms with van der Waals surface area (Å²) < 4.78 is 0. The lowest BCUT2D eigenvalue weighted by atomic mass is 9.95. The largest absolute Gasteiger partial charge is 0.118 e. The Labute approximate surface area is 130 Å². The van der Waals surface area contributed by atoms with Crippen LogP contribution in [0.15, 0.2) is 18.2 Å². The van der Waals surface area contributed by atoms with Gasteiger partial charge in [-0.2, -0.15) is 0 Å². The molecule has 0 nitrogen and oxygen atoms in total. The summed E-state index contributed by atoms with van der Waals surface area (Å²) >= 11 is 6.66. The third-order valence-electron chi connectivity index (χ3n) is 4.15. The minimum absolute atomic E-state index is 0.197. The molecule has 0 radical (unpaired) electrons. The van der Waals surface area contributed by atoms with Crippen molar-refractivity contribution in [1.82, 2.24) is 0 Å². The predicted molar refractivity (Wildman–Crippen MR) is 91.8 cm³/mol. The SMILES string of the molecule is CCCCCCCCC(Cl)c1cc(CC)ccc1CC. The molecule has 1 aromatic rings. The van der Waals surface area contributed by atoms with Gasteiger partial charge >= 0.3 is 0 Å². The number of rotatable bonds is 10. The second-order valence-corrected chi connectivity index (χ2v) is 6.29. The molecule has 0 N–H and O–H groups in total. The first-order valence-electron chi connectivity index (χ1n) is 8.48. The molecule has 0 bridgehead atoms. The van der Waals surface area contributed by atoms with E-state index in [0.29, 0.717) is 0 Å². The summed E-state index contributed by atoms with van der Waals surface area (Å²) in [7, 11) is 0. The van der Waals surface area contributed by atoms with E-state index in [2.05, 4.69) is 39.0 Å². The van der Waals surface area contributed by atoms with Gasteiger partial charge < -0.3 is 0 Å². The van der Waals surface area contributed by atoms with Crippen molar-refractivity contribution in [1.29, 1.82) is 0 Å². The van der Waals surface area contributed by atoms with Crippen molar-refractivity contribution in [2.75, 3.05) is 0 Å². The molecule has 0 saturated heterocycles. The molecular formula is C19H31Cl. The van der Waals surface area contributed by atoms with Crippen LogP contribution in [-0.4, -0.2) is 0 Å². The van der Waals surface area contributed by atoms with Crippen LogP contribution in [0.5, 0.6) is 0 Å². The van der Waals surface area contributed by atoms with Gasteiger partial charge in [-0.05, 0) is 36.0 Å². The molecule has 0 aliphatic rings. The maximum atomic E-state index is 6.66. The molecule has 1 atom stereocenters. The van der Waals surface area contributed by atoms with E-state index in [1.807, 2.05) is 0 Å². The smallest absolute Gasteiger partial charge is 0.0588 e. The zero-order chi connectivity index (χ0) is 14.8. The van der Waals surface area contributed by atoms with Crippen molar-refractivity contribution in [2.24, 2.45) is 0 Å². The summed E-state index contributed by atoms with van der Waals surface area (Å²) in [5.74, 6) is 0. The van der Waals surface area contributed by atoms with Gasteiger partial charge in [-0.1, -0.05) is 77.5 Å². The Kier molecular flexibility index (Phi) is 9.02. The van der Waals surface area contributed by atoms with E-state index in [0.717, 1.165) is 19.3 Å². The monoisotopic (exact) mass is 294 g/mol. The highest BCUT2D eigenvalue weighted by Crippen LogP contribution is 2.30. The van der Waals surface area contributed by atoms with Gasteiger partial charge in [-0.25, -0.2) is 0 Å². The number of hydrogen-bond donors (Lipinski definition) is 0. The summed E-state index contributed by atoms with van der Waals surface area (Å²) in [5, 5.41) is 0.197. The summed E-state index contributed by atoms with van der Waals surface area (Å²) in [4.78, 5) is 0. The van der Waals surface area contributed by atoms with Crippen molar-refractivity contribution in [3.8, 4) is 0 Å². The molecule has 0 saturated carbocycles. The lowest BCUT2D eigenvalue weighted by Gasteiger charge is -2.15. The Morgan fingerprint density at radius 1 is 0.900 bits per heavy atom. The minimum Gasteiger partial charge on any atom is -0.118 e. The summed E-state index contributed by atoms with van der Waals surface area (Å²) in [5.41, 5.74) is 4.21. The molecule has 1 aromatic carbocycles. The lowest BCUT2D eigenvalue weighted by Crippen LogP contribution is -1.99. The molecule has 0 spiro atoms. The van der Waals surface area contributed by atoms with E-state index in [4.69, 9.17) is 11.6 Å². The number of alkyl halides is 1. The summed E-state index contributed by atoms with van der Waals surface area (Å²) in [6.45, 7) is 6.70. The fourth-order valence-electron chi connectivity index (χ4n) is 2.74. The van der Waals surface area contributed by atoms with Crippen molar-refractivity contribution >= 4 is 11.6 Å². The number of hydrogen-bond acceptors (Lipinski definition) is 0. The normalized spacial score (nSPS) is 12.6. The second kappa shape index (κ2) is 10.3. The molecular weight excluding hydrogens is 264 g/mol. The lowest BCUT2D eigenvalue weighted by molar-refractivity contribution is 0.584. The molecule has 1 rings (SSSR count). The predicted octanol–water partition coefficient (Wildman–Crippen LogP) is 6.84. The Balaban J connectivity index is 2.47. The van der Waals surface area contributed by atoms with Crippen LogP contribution in [0.3, 0.4) is 0 Å². The van der Waals surface area contributed by atoms with Crippen LogP contribution in [0.25, 0.3) is 0 Å². The highest BCUT2D eigenvalue weighted by Gasteiger charge is 2.12. The first kappa shape index (κ1) is 17.6. The number of halogens is 1. The van der Waals surface area contributed by atoms with E-state index >= 15 is 0 Å². The quantitative estimate of drug-likeness (QED) is 0.327. The standard InChI is InChI=1S/C19H31Cl/c1-4-7-8-9-10-11-12-19(20)18-15-16(5-2)13-14-17(18)6-3/h13-15,19H,4-12H2,1-3H3. The maximum Gasteiger partial charge on any atom is 0.0588 e. The van der Waals surface area contributed by atoms with Crippen LogP contribution in [-0.2, 0) is 12.8 Å². The van der Waals surface area contributed by atoms with Gasteiger partial charge in [0, 0.05) is 0 Å². The highest BCUT2D eigenvalue weighted by atomic mass is 35.5. The van der Waals surface area contributed by atoms with Crippen molar-refractivity contribution in [2.45, 2.75) is 83.9 Å². The van der Waals surface area contributed by atoms with Crippen molar-refractivity contribution in [3.05, 3.63) is 34.9 Å². The molecule has 20 heavy (non-hydrogen) atoms. The molecule has 1 unspecified atom stereocenters. The Bertz CT molecular complexity index is 370. The van der Waals surface area contributed by atoms with Crippen LogP contribution in [0.2, 0.25) is 0 Å². The fourth-order valence-corrected chi connectivity index (χ4v) is 3.09. The van der Waals surface area contributed by atoms with E-state index in [-0.39, 0.29) is 5.38 Å². The molecule has 1 heteroatoms. The second-order valence-electron chi connectivity index (χ2n) is 5.76. The van der Waals surface area contributed by atoms with Crippen LogP contribution in [0, 0.1) is 0 Å². The molecule has 0 heterocycles. The van der Waals surface area contributed by atoms with Gasteiger partial charge in [-0.3, -0.25) is 0 Å². The molecule has 0 fully saturated rings. The first-order chi connectivity index (χ1) is 9.72. The van der Waals surface area contributed by atoms with Crippen LogP contribution in [0.1, 0.15) is 87.8 Å². The zero-order valence-corrected chi connectivity index (χ0v) is 14.3. The molecule has 0 aromatic heterocycles. The van der Waals surface area contributed by atoms with E-state index in [1.165, 1.54) is 55.2 Å². The van der Waals surface area contributed by atoms with Gasteiger partial charge in [0.1, 0.15) is 0 Å². The van der Waals surface area contributed by atoms with Crippen molar-refractivity contribution in [3.63, 3.8) is 0 Å². The van der Waals surface area contributed by atoms with Gasteiger partial charge in [-0.15, -0.1) is 11.6 Å². The number of benzene rings is 1. The van der Waals surface area contributed by atoms with Crippen molar-refractivity contribution < 1.29 is 0 Å². The molecule has 0 aliphatic carbocycles. The molecule has 0 amide bonds. The Hall–Kier alpha value is -0.490. The summed E-state index contributed by atoms with van der Waals surface area (Å²) in [6, 6.07) is 6.84. The van der Waals surface area contributed by atoms with Gasteiger partial charge in [0.05, 0.1) is 5.38 Å². The fraction of sp³-hybridized carbons (Fsp3) is 0.684. The first-order valence-corrected chi connectivity index (χ1v) is 8.92. The maximum absolute atomic E-state index is 6.66. The van der Waals surface area contributed by atoms with E-state index in [9.17, 15) is 0 Å². The Morgan fingerprint density at radius 2 is 1.60 bits per heavy atom. The molecule has 114 valence electrons. The number of unbranched alkanes of at least 4 members (excludes halogenated alkanes) is 5. The molecule has 0 aliphatic heterocycles. The van der Waals surface area contributed by atoms with Crippen LogP contribution < -0.4 is 0 Å². The minimum atomic E-state index is 0.197. The average Bonchev–Trinajstić information content (AvgIpc) is 2.49. The third-order valence-corrected chi connectivity index (χ3v) is 4.60. The van der Waals surface area contributed by atoms with Gasteiger partial charge in [0.15, 0.2) is 0 Å². The average molecular weight is 295 g/mol. The van der Waals surface area contributed by atoms with E-state index < -0.39 is 0 Å². The van der Waals surface area contributed by atoms with Gasteiger partial charge in [0.2, 0.25) is 0 Å². The van der Waals surface area contributed by atoms with Gasteiger partial charge in [0.25, 0.3) is 0 Å². The number of aryl methyl sites for hydroxylation is 2. The van der Waals surface area contributed by atoms with Crippen LogP contribution in [0.4, 0.5) is 0 Å². The highest BCUT2D eigenvalue weighted by molar-refractivity contribution is 6.20. The Morgan fingerprint density at radius 3 is 2.25 bits per heavy atom. The third kappa shape index (κ3) is 5.87.